The zero-order valence-corrected chi connectivity index (χ0v) is 8.98. The average Bonchev–Trinajstić information content (AvgIpc) is 2.16. The van der Waals surface area contributed by atoms with Gasteiger partial charge in [0, 0.05) is 32.1 Å². The predicted octanol–water partition coefficient (Wildman–Crippen LogP) is 0.926. The summed E-state index contributed by atoms with van der Waals surface area (Å²) in [5, 5.41) is 6.37. The smallest absolute Gasteiger partial charge is 0.198 e. The van der Waals surface area contributed by atoms with Crippen LogP contribution in [0.5, 0.6) is 0 Å². The molecule has 1 aliphatic heterocycles. The number of halogens is 1. The van der Waals surface area contributed by atoms with Crippen LogP contribution in [-0.2, 0) is 13.0 Å². The highest BCUT2D eigenvalue weighted by Gasteiger charge is 2.15. The molecule has 0 amide bonds. The summed E-state index contributed by atoms with van der Waals surface area (Å²) in [6.07, 6.45) is 0.977. The van der Waals surface area contributed by atoms with Crippen LogP contribution in [0.3, 0.4) is 0 Å². The Bertz CT molecular complexity index is 309. The molecule has 1 aromatic rings. The van der Waals surface area contributed by atoms with Crippen molar-refractivity contribution in [2.75, 3.05) is 18.9 Å². The highest BCUT2D eigenvalue weighted by Crippen LogP contribution is 2.21. The van der Waals surface area contributed by atoms with E-state index >= 15 is 0 Å². The molecule has 0 saturated heterocycles. The van der Waals surface area contributed by atoms with Gasteiger partial charge in [-0.3, -0.25) is 0 Å². The van der Waals surface area contributed by atoms with Crippen LogP contribution in [0.1, 0.15) is 11.3 Å². The summed E-state index contributed by atoms with van der Waals surface area (Å²) in [6, 6.07) is 0. The van der Waals surface area contributed by atoms with E-state index in [9.17, 15) is 0 Å². The van der Waals surface area contributed by atoms with Crippen LogP contribution < -0.4 is 10.6 Å². The van der Waals surface area contributed by atoms with Crippen LogP contribution in [0.4, 0.5) is 5.82 Å². The van der Waals surface area contributed by atoms with Crippen LogP contribution in [0.15, 0.2) is 4.73 Å². The van der Waals surface area contributed by atoms with Gasteiger partial charge >= 0.3 is 0 Å². The molecule has 0 unspecified atom stereocenters. The van der Waals surface area contributed by atoms with E-state index in [2.05, 4.69) is 36.5 Å². The van der Waals surface area contributed by atoms with E-state index in [1.165, 1.54) is 5.56 Å². The molecule has 70 valence electrons. The Balaban J connectivity index is 2.50. The standard InChI is InChI=1S/C8H11BrN4/c1-10-7-5-4-11-3-2-6(5)12-8(9)13-7/h11H,2-4H2,1H3,(H,10,12,13). The quantitative estimate of drug-likeness (QED) is 0.720. The van der Waals surface area contributed by atoms with E-state index in [0.717, 1.165) is 31.0 Å². The highest BCUT2D eigenvalue weighted by molar-refractivity contribution is 9.10. The van der Waals surface area contributed by atoms with Gasteiger partial charge in [0.1, 0.15) is 5.82 Å². The molecule has 4 nitrogen and oxygen atoms in total. The van der Waals surface area contributed by atoms with E-state index < -0.39 is 0 Å². The maximum Gasteiger partial charge on any atom is 0.198 e. The number of fused-ring (bicyclic) bond motifs is 1. The van der Waals surface area contributed by atoms with Crippen LogP contribution in [-0.4, -0.2) is 23.6 Å². The van der Waals surface area contributed by atoms with Gasteiger partial charge in [-0.25, -0.2) is 9.97 Å². The van der Waals surface area contributed by atoms with Crippen molar-refractivity contribution < 1.29 is 0 Å². The first kappa shape index (κ1) is 8.90. The fraction of sp³-hybridized carbons (Fsp3) is 0.500. The number of rotatable bonds is 1. The number of anilines is 1. The maximum absolute atomic E-state index is 4.35. The van der Waals surface area contributed by atoms with Crippen molar-refractivity contribution in [3.05, 3.63) is 16.0 Å². The van der Waals surface area contributed by atoms with Crippen molar-refractivity contribution in [1.29, 1.82) is 0 Å². The van der Waals surface area contributed by atoms with Gasteiger partial charge in [0.25, 0.3) is 0 Å². The minimum Gasteiger partial charge on any atom is -0.373 e. The lowest BCUT2D eigenvalue weighted by Crippen LogP contribution is -2.26. The third kappa shape index (κ3) is 1.66. The number of hydrogen-bond donors (Lipinski definition) is 2. The molecule has 0 aliphatic carbocycles. The second-order valence-electron chi connectivity index (χ2n) is 2.94. The maximum atomic E-state index is 4.35. The SMILES string of the molecule is CNc1nc(Br)nc2c1CNCC2. The van der Waals surface area contributed by atoms with E-state index in [0.29, 0.717) is 4.73 Å². The van der Waals surface area contributed by atoms with Crippen molar-refractivity contribution in [3.8, 4) is 0 Å². The van der Waals surface area contributed by atoms with Gasteiger partial charge < -0.3 is 10.6 Å². The lowest BCUT2D eigenvalue weighted by molar-refractivity contribution is 0.625. The Hall–Kier alpha value is -0.680. The molecular formula is C8H11BrN4. The number of hydrogen-bond acceptors (Lipinski definition) is 4. The predicted molar refractivity (Wildman–Crippen MR) is 54.7 cm³/mol. The van der Waals surface area contributed by atoms with Gasteiger partial charge in [-0.2, -0.15) is 0 Å². The zero-order valence-electron chi connectivity index (χ0n) is 7.39. The van der Waals surface area contributed by atoms with Gasteiger partial charge in [-0.1, -0.05) is 0 Å². The van der Waals surface area contributed by atoms with Crippen LogP contribution in [0.25, 0.3) is 0 Å². The Morgan fingerprint density at radius 2 is 2.31 bits per heavy atom. The minimum absolute atomic E-state index is 0.664. The molecule has 0 bridgehead atoms. The summed E-state index contributed by atoms with van der Waals surface area (Å²) in [4.78, 5) is 8.61. The molecule has 13 heavy (non-hydrogen) atoms. The van der Waals surface area contributed by atoms with Crippen molar-refractivity contribution in [2.45, 2.75) is 13.0 Å². The summed E-state index contributed by atoms with van der Waals surface area (Å²) in [7, 11) is 1.88. The van der Waals surface area contributed by atoms with Crippen LogP contribution in [0, 0.1) is 0 Å². The summed E-state index contributed by atoms with van der Waals surface area (Å²) in [6.45, 7) is 1.86. The van der Waals surface area contributed by atoms with E-state index in [1.54, 1.807) is 0 Å². The molecule has 0 saturated carbocycles. The average molecular weight is 243 g/mol. The summed E-state index contributed by atoms with van der Waals surface area (Å²) >= 11 is 3.30. The normalized spacial score (nSPS) is 15.2. The molecule has 0 atom stereocenters. The largest absolute Gasteiger partial charge is 0.373 e. The molecule has 0 radical (unpaired) electrons. The topological polar surface area (TPSA) is 49.8 Å². The summed E-state index contributed by atoms with van der Waals surface area (Å²) in [5.74, 6) is 0.920. The Kier molecular flexibility index (Phi) is 2.46. The monoisotopic (exact) mass is 242 g/mol. The van der Waals surface area contributed by atoms with Gasteiger partial charge in [0.15, 0.2) is 4.73 Å². The molecule has 2 heterocycles. The number of nitrogens with zero attached hydrogens (tertiary/aromatic N) is 2. The summed E-state index contributed by atoms with van der Waals surface area (Å²) < 4.78 is 0.664. The Morgan fingerprint density at radius 1 is 1.46 bits per heavy atom. The molecule has 0 fully saturated rings. The first-order chi connectivity index (χ1) is 6.31. The third-order valence-electron chi connectivity index (χ3n) is 2.14. The van der Waals surface area contributed by atoms with Gasteiger partial charge in [0.05, 0.1) is 5.69 Å². The van der Waals surface area contributed by atoms with E-state index in [-0.39, 0.29) is 0 Å². The number of nitrogens with one attached hydrogen (secondary N) is 2. The minimum atomic E-state index is 0.664. The molecule has 1 aliphatic rings. The first-order valence-corrected chi connectivity index (χ1v) is 5.04. The van der Waals surface area contributed by atoms with E-state index in [4.69, 9.17) is 0 Å². The second kappa shape index (κ2) is 3.59. The van der Waals surface area contributed by atoms with Gasteiger partial charge in [0.2, 0.25) is 0 Å². The fourth-order valence-electron chi connectivity index (χ4n) is 1.52. The molecular weight excluding hydrogens is 232 g/mol. The molecule has 2 rings (SSSR count). The lowest BCUT2D eigenvalue weighted by Gasteiger charge is -2.18. The van der Waals surface area contributed by atoms with Crippen molar-refractivity contribution in [3.63, 3.8) is 0 Å². The van der Waals surface area contributed by atoms with Crippen molar-refractivity contribution in [1.82, 2.24) is 15.3 Å². The van der Waals surface area contributed by atoms with Crippen LogP contribution in [0.2, 0.25) is 0 Å². The van der Waals surface area contributed by atoms with Crippen molar-refractivity contribution >= 4 is 21.7 Å². The van der Waals surface area contributed by atoms with Gasteiger partial charge in [-0.15, -0.1) is 0 Å². The second-order valence-corrected chi connectivity index (χ2v) is 3.65. The molecule has 2 N–H and O–H groups in total. The number of aromatic nitrogens is 2. The van der Waals surface area contributed by atoms with Crippen LogP contribution >= 0.6 is 15.9 Å². The fourth-order valence-corrected chi connectivity index (χ4v) is 1.91. The Morgan fingerprint density at radius 3 is 3.08 bits per heavy atom. The third-order valence-corrected chi connectivity index (χ3v) is 2.50. The van der Waals surface area contributed by atoms with Crippen molar-refractivity contribution in [2.24, 2.45) is 0 Å². The highest BCUT2D eigenvalue weighted by atomic mass is 79.9. The molecule has 1 aromatic heterocycles. The zero-order chi connectivity index (χ0) is 9.26. The molecule has 0 aromatic carbocycles. The van der Waals surface area contributed by atoms with E-state index in [1.807, 2.05) is 7.05 Å². The first-order valence-electron chi connectivity index (χ1n) is 4.25. The van der Waals surface area contributed by atoms with Gasteiger partial charge in [-0.05, 0) is 15.9 Å². The lowest BCUT2D eigenvalue weighted by atomic mass is 10.1. The molecule has 0 spiro atoms. The molecule has 5 heteroatoms. The summed E-state index contributed by atoms with van der Waals surface area (Å²) in [5.41, 5.74) is 2.34. The Labute approximate surface area is 85.3 Å².